The fourth-order valence-electron chi connectivity index (χ4n) is 2.23. The first-order valence-corrected chi connectivity index (χ1v) is 8.57. The van der Waals surface area contributed by atoms with Gasteiger partial charge in [0.2, 0.25) is 0 Å². The van der Waals surface area contributed by atoms with Crippen LogP contribution >= 0.6 is 15.9 Å². The monoisotopic (exact) mass is 341 g/mol. The summed E-state index contributed by atoms with van der Waals surface area (Å²) in [6, 6.07) is 6.88. The molecule has 1 aromatic carbocycles. The SMILES string of the molecule is CCCNC(CC(C)CC)c1ccc(OCC)c(Br)c1. The third-order valence-electron chi connectivity index (χ3n) is 3.63. The molecule has 20 heavy (non-hydrogen) atoms. The lowest BCUT2D eigenvalue weighted by Gasteiger charge is -2.23. The zero-order chi connectivity index (χ0) is 15.0. The van der Waals surface area contributed by atoms with E-state index >= 15 is 0 Å². The molecule has 0 amide bonds. The van der Waals surface area contributed by atoms with Gasteiger partial charge in [0.05, 0.1) is 11.1 Å². The summed E-state index contributed by atoms with van der Waals surface area (Å²) in [5.74, 6) is 1.66. The largest absolute Gasteiger partial charge is 0.493 e. The second kappa shape index (κ2) is 9.41. The van der Waals surface area contributed by atoms with Crippen LogP contribution in [0.2, 0.25) is 0 Å². The maximum absolute atomic E-state index is 5.59. The molecule has 0 aliphatic heterocycles. The van der Waals surface area contributed by atoms with E-state index in [1.165, 1.54) is 18.4 Å². The molecule has 0 fully saturated rings. The Morgan fingerprint density at radius 3 is 2.55 bits per heavy atom. The maximum atomic E-state index is 5.59. The summed E-state index contributed by atoms with van der Waals surface area (Å²) in [6.45, 7) is 10.6. The molecule has 2 nitrogen and oxygen atoms in total. The van der Waals surface area contributed by atoms with Crippen LogP contribution in [-0.4, -0.2) is 13.2 Å². The molecule has 1 rings (SSSR count). The molecule has 0 aliphatic rings. The van der Waals surface area contributed by atoms with Crippen LogP contribution in [0.25, 0.3) is 0 Å². The lowest BCUT2D eigenvalue weighted by atomic mass is 9.94. The summed E-state index contributed by atoms with van der Waals surface area (Å²) in [4.78, 5) is 0. The van der Waals surface area contributed by atoms with Gasteiger partial charge in [0, 0.05) is 6.04 Å². The van der Waals surface area contributed by atoms with E-state index in [9.17, 15) is 0 Å². The van der Waals surface area contributed by atoms with Gasteiger partial charge < -0.3 is 10.1 Å². The minimum absolute atomic E-state index is 0.428. The van der Waals surface area contributed by atoms with Crippen molar-refractivity contribution in [2.75, 3.05) is 13.2 Å². The Morgan fingerprint density at radius 1 is 1.25 bits per heavy atom. The van der Waals surface area contributed by atoms with Crippen LogP contribution in [0, 0.1) is 5.92 Å². The van der Waals surface area contributed by atoms with Gasteiger partial charge in [-0.05, 0) is 65.9 Å². The molecule has 1 aromatic rings. The van der Waals surface area contributed by atoms with Gasteiger partial charge in [-0.2, -0.15) is 0 Å². The van der Waals surface area contributed by atoms with Crippen LogP contribution in [0.15, 0.2) is 22.7 Å². The van der Waals surface area contributed by atoms with Crippen LogP contribution in [0.4, 0.5) is 0 Å². The van der Waals surface area contributed by atoms with E-state index in [1.807, 2.05) is 6.92 Å². The van der Waals surface area contributed by atoms with Crippen molar-refractivity contribution < 1.29 is 4.74 Å². The number of hydrogen-bond donors (Lipinski definition) is 1. The molecule has 0 saturated carbocycles. The second-order valence-electron chi connectivity index (χ2n) is 5.38. The molecule has 3 heteroatoms. The lowest BCUT2D eigenvalue weighted by Crippen LogP contribution is -2.24. The number of halogens is 1. The Hall–Kier alpha value is -0.540. The highest BCUT2D eigenvalue weighted by molar-refractivity contribution is 9.10. The van der Waals surface area contributed by atoms with Crippen molar-refractivity contribution in [1.82, 2.24) is 5.32 Å². The number of ether oxygens (including phenoxy) is 1. The van der Waals surface area contributed by atoms with E-state index in [0.29, 0.717) is 12.6 Å². The zero-order valence-electron chi connectivity index (χ0n) is 13.2. The fourth-order valence-corrected chi connectivity index (χ4v) is 2.74. The van der Waals surface area contributed by atoms with Crippen molar-refractivity contribution in [2.24, 2.45) is 5.92 Å². The Kier molecular flexibility index (Phi) is 8.24. The number of rotatable bonds is 9. The summed E-state index contributed by atoms with van der Waals surface area (Å²) in [5.41, 5.74) is 1.34. The van der Waals surface area contributed by atoms with Gasteiger partial charge in [0.25, 0.3) is 0 Å². The van der Waals surface area contributed by atoms with Crippen LogP contribution in [0.1, 0.15) is 58.6 Å². The average molecular weight is 342 g/mol. The molecule has 0 radical (unpaired) electrons. The summed E-state index contributed by atoms with van der Waals surface area (Å²) < 4.78 is 6.63. The molecule has 0 aromatic heterocycles. The third kappa shape index (κ3) is 5.45. The lowest BCUT2D eigenvalue weighted by molar-refractivity contribution is 0.337. The molecule has 2 unspecified atom stereocenters. The minimum atomic E-state index is 0.428. The quantitative estimate of drug-likeness (QED) is 0.655. The normalized spacial score (nSPS) is 14.1. The number of benzene rings is 1. The summed E-state index contributed by atoms with van der Waals surface area (Å²) in [7, 11) is 0. The smallest absolute Gasteiger partial charge is 0.133 e. The van der Waals surface area contributed by atoms with E-state index in [4.69, 9.17) is 4.74 Å². The van der Waals surface area contributed by atoms with E-state index in [-0.39, 0.29) is 0 Å². The van der Waals surface area contributed by atoms with Crippen LogP contribution in [0.3, 0.4) is 0 Å². The first-order valence-electron chi connectivity index (χ1n) is 7.77. The van der Waals surface area contributed by atoms with Crippen molar-refractivity contribution in [3.63, 3.8) is 0 Å². The molecular formula is C17H28BrNO. The fraction of sp³-hybridized carbons (Fsp3) is 0.647. The first kappa shape index (κ1) is 17.5. The molecule has 0 bridgehead atoms. The van der Waals surface area contributed by atoms with Crippen molar-refractivity contribution in [3.05, 3.63) is 28.2 Å². The molecule has 1 N–H and O–H groups in total. The summed E-state index contributed by atoms with van der Waals surface area (Å²) in [5, 5.41) is 3.67. The molecular weight excluding hydrogens is 314 g/mol. The number of hydrogen-bond acceptors (Lipinski definition) is 2. The molecule has 0 saturated heterocycles. The van der Waals surface area contributed by atoms with Crippen molar-refractivity contribution in [2.45, 2.75) is 53.0 Å². The van der Waals surface area contributed by atoms with E-state index in [0.717, 1.165) is 29.1 Å². The second-order valence-corrected chi connectivity index (χ2v) is 6.23. The Bertz CT molecular complexity index is 395. The Labute approximate surface area is 132 Å². The van der Waals surface area contributed by atoms with Gasteiger partial charge in [-0.15, -0.1) is 0 Å². The Balaban J connectivity index is 2.86. The first-order chi connectivity index (χ1) is 9.62. The van der Waals surface area contributed by atoms with Gasteiger partial charge in [-0.3, -0.25) is 0 Å². The number of nitrogens with one attached hydrogen (secondary N) is 1. The van der Waals surface area contributed by atoms with Crippen molar-refractivity contribution in [1.29, 1.82) is 0 Å². The molecule has 114 valence electrons. The van der Waals surface area contributed by atoms with E-state index in [1.54, 1.807) is 0 Å². The average Bonchev–Trinajstić information content (AvgIpc) is 2.45. The zero-order valence-corrected chi connectivity index (χ0v) is 14.8. The van der Waals surface area contributed by atoms with Crippen molar-refractivity contribution in [3.8, 4) is 5.75 Å². The van der Waals surface area contributed by atoms with Gasteiger partial charge in [0.1, 0.15) is 5.75 Å². The Morgan fingerprint density at radius 2 is 2.00 bits per heavy atom. The van der Waals surface area contributed by atoms with Crippen LogP contribution < -0.4 is 10.1 Å². The van der Waals surface area contributed by atoms with Gasteiger partial charge in [-0.1, -0.05) is 33.3 Å². The van der Waals surface area contributed by atoms with Crippen LogP contribution in [-0.2, 0) is 0 Å². The highest BCUT2D eigenvalue weighted by Crippen LogP contribution is 2.31. The van der Waals surface area contributed by atoms with E-state index in [2.05, 4.69) is 60.2 Å². The van der Waals surface area contributed by atoms with E-state index < -0.39 is 0 Å². The highest BCUT2D eigenvalue weighted by atomic mass is 79.9. The molecule has 0 spiro atoms. The molecule has 0 heterocycles. The summed E-state index contributed by atoms with van der Waals surface area (Å²) in [6.07, 6.45) is 3.56. The highest BCUT2D eigenvalue weighted by Gasteiger charge is 2.15. The third-order valence-corrected chi connectivity index (χ3v) is 4.25. The van der Waals surface area contributed by atoms with Gasteiger partial charge >= 0.3 is 0 Å². The predicted molar refractivity (Wildman–Crippen MR) is 90.4 cm³/mol. The van der Waals surface area contributed by atoms with Crippen molar-refractivity contribution >= 4 is 15.9 Å². The van der Waals surface area contributed by atoms with Gasteiger partial charge in [-0.25, -0.2) is 0 Å². The predicted octanol–water partition coefficient (Wildman–Crippen LogP) is 5.32. The molecule has 0 aliphatic carbocycles. The minimum Gasteiger partial charge on any atom is -0.493 e. The van der Waals surface area contributed by atoms with Gasteiger partial charge in [0.15, 0.2) is 0 Å². The standard InChI is InChI=1S/C17H28BrNO/c1-5-10-19-16(11-13(4)6-2)14-8-9-17(20-7-3)15(18)12-14/h8-9,12-13,16,19H,5-7,10-11H2,1-4H3. The molecule has 2 atom stereocenters. The maximum Gasteiger partial charge on any atom is 0.133 e. The summed E-state index contributed by atoms with van der Waals surface area (Å²) >= 11 is 3.62. The van der Waals surface area contributed by atoms with Crippen LogP contribution in [0.5, 0.6) is 5.75 Å². The topological polar surface area (TPSA) is 21.3 Å².